The lowest BCUT2D eigenvalue weighted by Crippen LogP contribution is -2.40. The van der Waals surface area contributed by atoms with E-state index in [1.807, 2.05) is 0 Å². The summed E-state index contributed by atoms with van der Waals surface area (Å²) in [5, 5.41) is 3.45. The van der Waals surface area contributed by atoms with Crippen LogP contribution in [0.4, 0.5) is 0 Å². The van der Waals surface area contributed by atoms with Gasteiger partial charge in [0.15, 0.2) is 0 Å². The van der Waals surface area contributed by atoms with Gasteiger partial charge in [-0.3, -0.25) is 0 Å². The van der Waals surface area contributed by atoms with Crippen LogP contribution < -0.4 is 5.32 Å². The van der Waals surface area contributed by atoms with E-state index in [0.29, 0.717) is 6.04 Å². The second-order valence-electron chi connectivity index (χ2n) is 5.62. The van der Waals surface area contributed by atoms with Gasteiger partial charge >= 0.3 is 0 Å². The molecule has 0 aromatic heterocycles. The molecule has 2 atom stereocenters. The minimum Gasteiger partial charge on any atom is -0.317 e. The van der Waals surface area contributed by atoms with Crippen LogP contribution in [0, 0.1) is 11.8 Å². The van der Waals surface area contributed by atoms with Gasteiger partial charge in [-0.25, -0.2) is 0 Å². The van der Waals surface area contributed by atoms with E-state index < -0.39 is 0 Å². The first kappa shape index (κ1) is 14.0. The molecular formula is C14H30N2. The number of hydrogen-bond acceptors (Lipinski definition) is 2. The summed E-state index contributed by atoms with van der Waals surface area (Å²) in [6.07, 6.45) is 5.83. The maximum atomic E-state index is 3.45. The second-order valence-corrected chi connectivity index (χ2v) is 5.62. The third kappa shape index (κ3) is 4.42. The summed E-state index contributed by atoms with van der Waals surface area (Å²) in [4.78, 5) is 2.57. The molecule has 96 valence electrons. The molecule has 0 bridgehead atoms. The molecule has 0 spiro atoms. The Labute approximate surface area is 102 Å². The quantitative estimate of drug-likeness (QED) is 0.718. The van der Waals surface area contributed by atoms with Crippen molar-refractivity contribution in [1.82, 2.24) is 10.2 Å². The minimum absolute atomic E-state index is 0.694. The van der Waals surface area contributed by atoms with E-state index in [2.05, 4.69) is 38.0 Å². The maximum absolute atomic E-state index is 3.45. The first-order chi connectivity index (χ1) is 7.65. The van der Waals surface area contributed by atoms with Crippen molar-refractivity contribution in [3.8, 4) is 0 Å². The highest BCUT2D eigenvalue weighted by molar-refractivity contribution is 4.76. The molecule has 0 amide bonds. The van der Waals surface area contributed by atoms with E-state index >= 15 is 0 Å². The first-order valence-electron chi connectivity index (χ1n) is 7.06. The predicted octanol–water partition coefficient (Wildman–Crippen LogP) is 2.74. The molecule has 1 aliphatic rings. The van der Waals surface area contributed by atoms with Crippen molar-refractivity contribution in [2.24, 2.45) is 11.8 Å². The molecule has 0 radical (unpaired) electrons. The highest BCUT2D eigenvalue weighted by atomic mass is 15.1. The fourth-order valence-corrected chi connectivity index (χ4v) is 2.74. The monoisotopic (exact) mass is 226 g/mol. The average molecular weight is 226 g/mol. The zero-order valence-corrected chi connectivity index (χ0v) is 11.6. The van der Waals surface area contributed by atoms with Gasteiger partial charge in [-0.2, -0.15) is 0 Å². The average Bonchev–Trinajstić information content (AvgIpc) is 2.77. The molecule has 1 rings (SSSR count). The molecule has 1 aliphatic carbocycles. The van der Waals surface area contributed by atoms with Crippen molar-refractivity contribution in [2.75, 3.05) is 26.7 Å². The second kappa shape index (κ2) is 7.29. The van der Waals surface area contributed by atoms with Gasteiger partial charge in [0.05, 0.1) is 0 Å². The van der Waals surface area contributed by atoms with Gasteiger partial charge in [0.25, 0.3) is 0 Å². The lowest BCUT2D eigenvalue weighted by atomic mass is 10.00. The molecule has 2 heteroatoms. The zero-order valence-electron chi connectivity index (χ0n) is 11.6. The largest absolute Gasteiger partial charge is 0.317 e. The highest BCUT2D eigenvalue weighted by Gasteiger charge is 2.21. The summed E-state index contributed by atoms with van der Waals surface area (Å²) >= 11 is 0. The molecule has 2 nitrogen and oxygen atoms in total. The summed E-state index contributed by atoms with van der Waals surface area (Å²) in [5.74, 6) is 1.71. The topological polar surface area (TPSA) is 15.3 Å². The molecule has 0 aromatic rings. The lowest BCUT2D eigenvalue weighted by Gasteiger charge is -2.32. The van der Waals surface area contributed by atoms with Gasteiger partial charge in [-0.05, 0) is 51.7 Å². The fraction of sp³-hybridized carbons (Fsp3) is 1.00. The molecule has 0 aliphatic heterocycles. The Kier molecular flexibility index (Phi) is 6.37. The Balaban J connectivity index is 2.25. The van der Waals surface area contributed by atoms with Gasteiger partial charge in [0, 0.05) is 12.6 Å². The van der Waals surface area contributed by atoms with E-state index in [9.17, 15) is 0 Å². The molecule has 1 N–H and O–H groups in total. The van der Waals surface area contributed by atoms with Crippen molar-refractivity contribution in [3.05, 3.63) is 0 Å². The van der Waals surface area contributed by atoms with Gasteiger partial charge in [0.2, 0.25) is 0 Å². The molecule has 0 heterocycles. The van der Waals surface area contributed by atoms with E-state index in [1.165, 1.54) is 32.2 Å². The third-order valence-electron chi connectivity index (χ3n) is 4.26. The summed E-state index contributed by atoms with van der Waals surface area (Å²) in [7, 11) is 2.30. The van der Waals surface area contributed by atoms with E-state index in [0.717, 1.165) is 24.9 Å². The SMILES string of the molecule is CCNCC(C)C(C)N(C)CC1CCCC1. The van der Waals surface area contributed by atoms with E-state index in [1.54, 1.807) is 0 Å². The molecule has 0 saturated heterocycles. The van der Waals surface area contributed by atoms with Gasteiger partial charge < -0.3 is 10.2 Å². The minimum atomic E-state index is 0.694. The summed E-state index contributed by atoms with van der Waals surface area (Å²) in [6, 6.07) is 0.694. The third-order valence-corrected chi connectivity index (χ3v) is 4.26. The molecule has 0 aromatic carbocycles. The molecule has 16 heavy (non-hydrogen) atoms. The van der Waals surface area contributed by atoms with Crippen molar-refractivity contribution < 1.29 is 0 Å². The van der Waals surface area contributed by atoms with Crippen LogP contribution in [0.25, 0.3) is 0 Å². The summed E-state index contributed by atoms with van der Waals surface area (Å²) in [5.41, 5.74) is 0. The van der Waals surface area contributed by atoms with E-state index in [4.69, 9.17) is 0 Å². The standard InChI is InChI=1S/C14H30N2/c1-5-15-10-12(2)13(3)16(4)11-14-8-6-7-9-14/h12-15H,5-11H2,1-4H3. The highest BCUT2D eigenvalue weighted by Crippen LogP contribution is 2.26. The summed E-state index contributed by atoms with van der Waals surface area (Å²) in [6.45, 7) is 10.4. The fourth-order valence-electron chi connectivity index (χ4n) is 2.74. The van der Waals surface area contributed by atoms with Crippen LogP contribution >= 0.6 is 0 Å². The van der Waals surface area contributed by atoms with Crippen LogP contribution in [0.1, 0.15) is 46.5 Å². The van der Waals surface area contributed by atoms with E-state index in [-0.39, 0.29) is 0 Å². The Morgan fingerprint density at radius 3 is 2.44 bits per heavy atom. The van der Waals surface area contributed by atoms with Crippen molar-refractivity contribution in [2.45, 2.75) is 52.5 Å². The van der Waals surface area contributed by atoms with Crippen LogP contribution in [-0.4, -0.2) is 37.6 Å². The van der Waals surface area contributed by atoms with Crippen LogP contribution in [0.15, 0.2) is 0 Å². The molecule has 1 saturated carbocycles. The van der Waals surface area contributed by atoms with Crippen LogP contribution in [0.3, 0.4) is 0 Å². The predicted molar refractivity (Wildman–Crippen MR) is 71.8 cm³/mol. The Hall–Kier alpha value is -0.0800. The summed E-state index contributed by atoms with van der Waals surface area (Å²) < 4.78 is 0. The van der Waals surface area contributed by atoms with Crippen LogP contribution in [-0.2, 0) is 0 Å². The van der Waals surface area contributed by atoms with Gasteiger partial charge in [-0.1, -0.05) is 26.7 Å². The molecular weight excluding hydrogens is 196 g/mol. The van der Waals surface area contributed by atoms with Gasteiger partial charge in [0.1, 0.15) is 0 Å². The number of hydrogen-bond donors (Lipinski definition) is 1. The Bertz CT molecular complexity index is 176. The van der Waals surface area contributed by atoms with Crippen LogP contribution in [0.5, 0.6) is 0 Å². The maximum Gasteiger partial charge on any atom is 0.0102 e. The van der Waals surface area contributed by atoms with Crippen molar-refractivity contribution in [1.29, 1.82) is 0 Å². The van der Waals surface area contributed by atoms with Crippen LogP contribution in [0.2, 0.25) is 0 Å². The number of rotatable bonds is 7. The lowest BCUT2D eigenvalue weighted by molar-refractivity contribution is 0.171. The smallest absolute Gasteiger partial charge is 0.0102 e. The van der Waals surface area contributed by atoms with Gasteiger partial charge in [-0.15, -0.1) is 0 Å². The molecule has 1 fully saturated rings. The number of nitrogens with one attached hydrogen (secondary N) is 1. The van der Waals surface area contributed by atoms with Crippen molar-refractivity contribution in [3.63, 3.8) is 0 Å². The Morgan fingerprint density at radius 2 is 1.88 bits per heavy atom. The number of nitrogens with zero attached hydrogens (tertiary/aromatic N) is 1. The molecule has 2 unspecified atom stereocenters. The Morgan fingerprint density at radius 1 is 1.25 bits per heavy atom. The zero-order chi connectivity index (χ0) is 12.0. The first-order valence-corrected chi connectivity index (χ1v) is 7.06. The normalized spacial score (nSPS) is 21.6. The van der Waals surface area contributed by atoms with Crippen molar-refractivity contribution >= 4 is 0 Å².